The summed E-state index contributed by atoms with van der Waals surface area (Å²) in [5.41, 5.74) is 2.01. The summed E-state index contributed by atoms with van der Waals surface area (Å²) in [5, 5.41) is 8.52. The third kappa shape index (κ3) is 2.81. The third-order valence-electron chi connectivity index (χ3n) is 1.74. The van der Waals surface area contributed by atoms with Gasteiger partial charge >= 0.3 is 5.97 Å². The summed E-state index contributed by atoms with van der Waals surface area (Å²) >= 11 is 5.58. The number of hydrogen-bond acceptors (Lipinski definition) is 1. The number of carboxylic acids is 1. The SMILES string of the molecule is Cc1ccc(Br)c(I)c1/C=C/C(=O)O. The van der Waals surface area contributed by atoms with Gasteiger partial charge in [0.05, 0.1) is 0 Å². The van der Waals surface area contributed by atoms with Gasteiger partial charge in [-0.1, -0.05) is 6.07 Å². The van der Waals surface area contributed by atoms with Crippen molar-refractivity contribution >= 4 is 50.6 Å². The standard InChI is InChI=1S/C10H8BrIO2/c1-6-2-4-8(11)10(12)7(6)3-5-9(13)14/h2-5H,1H3,(H,13,14)/b5-3+. The van der Waals surface area contributed by atoms with Crippen molar-refractivity contribution in [1.29, 1.82) is 0 Å². The molecule has 0 atom stereocenters. The Balaban J connectivity index is 3.19. The smallest absolute Gasteiger partial charge is 0.328 e. The number of carboxylic acid groups (broad SMARTS) is 1. The minimum Gasteiger partial charge on any atom is -0.478 e. The highest BCUT2D eigenvalue weighted by Crippen LogP contribution is 2.26. The van der Waals surface area contributed by atoms with Crippen LogP contribution in [0.5, 0.6) is 0 Å². The lowest BCUT2D eigenvalue weighted by molar-refractivity contribution is -0.131. The van der Waals surface area contributed by atoms with Gasteiger partial charge in [0.15, 0.2) is 0 Å². The fourth-order valence-corrected chi connectivity index (χ4v) is 2.15. The first-order chi connectivity index (χ1) is 6.52. The third-order valence-corrected chi connectivity index (χ3v) is 4.31. The predicted octanol–water partition coefficient (Wildman–Crippen LogP) is 3.46. The molecule has 0 aromatic heterocycles. The van der Waals surface area contributed by atoms with Gasteiger partial charge in [0.1, 0.15) is 0 Å². The lowest BCUT2D eigenvalue weighted by Crippen LogP contribution is -1.90. The highest BCUT2D eigenvalue weighted by molar-refractivity contribution is 14.1. The van der Waals surface area contributed by atoms with Crippen LogP contribution in [-0.4, -0.2) is 11.1 Å². The summed E-state index contributed by atoms with van der Waals surface area (Å²) in [6.45, 7) is 1.95. The van der Waals surface area contributed by atoms with Crippen molar-refractivity contribution in [1.82, 2.24) is 0 Å². The van der Waals surface area contributed by atoms with Crippen LogP contribution in [0.3, 0.4) is 0 Å². The maximum absolute atomic E-state index is 10.4. The molecule has 4 heteroatoms. The van der Waals surface area contributed by atoms with Crippen molar-refractivity contribution < 1.29 is 9.90 Å². The van der Waals surface area contributed by atoms with Gasteiger partial charge in [0, 0.05) is 14.1 Å². The summed E-state index contributed by atoms with van der Waals surface area (Å²) in [6, 6.07) is 3.91. The van der Waals surface area contributed by atoms with E-state index >= 15 is 0 Å². The van der Waals surface area contributed by atoms with Crippen molar-refractivity contribution in [3.63, 3.8) is 0 Å². The Hall–Kier alpha value is -0.360. The lowest BCUT2D eigenvalue weighted by atomic mass is 10.1. The van der Waals surface area contributed by atoms with Gasteiger partial charge in [0.2, 0.25) is 0 Å². The molecular formula is C10H8BrIO2. The summed E-state index contributed by atoms with van der Waals surface area (Å²) in [7, 11) is 0. The molecule has 0 amide bonds. The van der Waals surface area contributed by atoms with Crippen LogP contribution >= 0.6 is 38.5 Å². The van der Waals surface area contributed by atoms with E-state index in [0.717, 1.165) is 25.2 Å². The Morgan fingerprint density at radius 2 is 2.21 bits per heavy atom. The summed E-state index contributed by atoms with van der Waals surface area (Å²) < 4.78 is 2.01. The summed E-state index contributed by atoms with van der Waals surface area (Å²) in [4.78, 5) is 10.4. The first-order valence-electron chi connectivity index (χ1n) is 3.88. The molecule has 0 radical (unpaired) electrons. The van der Waals surface area contributed by atoms with Crippen LogP contribution in [0.1, 0.15) is 11.1 Å². The van der Waals surface area contributed by atoms with E-state index in [9.17, 15) is 4.79 Å². The second kappa shape index (κ2) is 4.93. The van der Waals surface area contributed by atoms with Crippen LogP contribution < -0.4 is 0 Å². The van der Waals surface area contributed by atoms with E-state index in [1.54, 1.807) is 6.08 Å². The molecule has 0 aliphatic carbocycles. The molecule has 0 saturated heterocycles. The number of rotatable bonds is 2. The molecule has 1 aromatic carbocycles. The fraction of sp³-hybridized carbons (Fsp3) is 0.100. The van der Waals surface area contributed by atoms with Gasteiger partial charge in [-0.2, -0.15) is 0 Å². The molecule has 0 spiro atoms. The largest absolute Gasteiger partial charge is 0.478 e. The van der Waals surface area contributed by atoms with Crippen LogP contribution in [0.15, 0.2) is 22.7 Å². The highest BCUT2D eigenvalue weighted by atomic mass is 127. The zero-order chi connectivity index (χ0) is 10.7. The predicted molar refractivity (Wildman–Crippen MR) is 68.3 cm³/mol. The molecule has 74 valence electrons. The topological polar surface area (TPSA) is 37.3 Å². The minimum absolute atomic E-state index is 0.930. The molecule has 0 saturated carbocycles. The number of hydrogen-bond donors (Lipinski definition) is 1. The van der Waals surface area contributed by atoms with Crippen molar-refractivity contribution in [3.05, 3.63) is 37.4 Å². The highest BCUT2D eigenvalue weighted by Gasteiger charge is 2.04. The van der Waals surface area contributed by atoms with Crippen LogP contribution in [0.25, 0.3) is 6.08 Å². The number of benzene rings is 1. The quantitative estimate of drug-likeness (QED) is 0.642. The maximum Gasteiger partial charge on any atom is 0.328 e. The Morgan fingerprint density at radius 3 is 2.79 bits per heavy atom. The zero-order valence-corrected chi connectivity index (χ0v) is 11.2. The van der Waals surface area contributed by atoms with Crippen molar-refractivity contribution in [2.24, 2.45) is 0 Å². The van der Waals surface area contributed by atoms with E-state index < -0.39 is 5.97 Å². The number of aryl methyl sites for hydroxylation is 1. The molecule has 1 rings (SSSR count). The van der Waals surface area contributed by atoms with Crippen molar-refractivity contribution in [2.45, 2.75) is 6.92 Å². The monoisotopic (exact) mass is 366 g/mol. The maximum atomic E-state index is 10.4. The Labute approximate surface area is 104 Å². The number of carbonyl (C=O) groups is 1. The molecule has 0 aliphatic rings. The van der Waals surface area contributed by atoms with Crippen LogP contribution in [0.4, 0.5) is 0 Å². The van der Waals surface area contributed by atoms with Gasteiger partial charge in [-0.25, -0.2) is 4.79 Å². The Kier molecular flexibility index (Phi) is 4.12. The molecule has 0 aliphatic heterocycles. The lowest BCUT2D eigenvalue weighted by Gasteiger charge is -2.05. The molecule has 0 unspecified atom stereocenters. The number of halogens is 2. The van der Waals surface area contributed by atoms with Gasteiger partial charge in [-0.15, -0.1) is 0 Å². The molecule has 1 N–H and O–H groups in total. The summed E-state index contributed by atoms with van der Waals surface area (Å²) in [5.74, 6) is -0.930. The van der Waals surface area contributed by atoms with E-state index in [-0.39, 0.29) is 0 Å². The second-order valence-electron chi connectivity index (χ2n) is 2.76. The Bertz CT molecular complexity index is 399. The molecular weight excluding hydrogens is 359 g/mol. The van der Waals surface area contributed by atoms with E-state index in [1.165, 1.54) is 0 Å². The van der Waals surface area contributed by atoms with Crippen LogP contribution in [0.2, 0.25) is 0 Å². The first kappa shape index (κ1) is 11.7. The minimum atomic E-state index is -0.930. The first-order valence-corrected chi connectivity index (χ1v) is 5.75. The van der Waals surface area contributed by atoms with Crippen molar-refractivity contribution in [3.8, 4) is 0 Å². The molecule has 0 fully saturated rings. The molecule has 14 heavy (non-hydrogen) atoms. The van der Waals surface area contributed by atoms with E-state index in [1.807, 2.05) is 19.1 Å². The van der Waals surface area contributed by atoms with Crippen LogP contribution in [0, 0.1) is 10.5 Å². The average molecular weight is 367 g/mol. The molecule has 2 nitrogen and oxygen atoms in total. The molecule has 0 heterocycles. The average Bonchev–Trinajstić information content (AvgIpc) is 2.11. The normalized spacial score (nSPS) is 10.8. The number of aliphatic carboxylic acids is 1. The van der Waals surface area contributed by atoms with Crippen LogP contribution in [-0.2, 0) is 4.79 Å². The molecule has 1 aromatic rings. The van der Waals surface area contributed by atoms with Gasteiger partial charge in [-0.3, -0.25) is 0 Å². The van der Waals surface area contributed by atoms with Gasteiger partial charge in [-0.05, 0) is 68.7 Å². The van der Waals surface area contributed by atoms with Gasteiger partial charge < -0.3 is 5.11 Å². The second-order valence-corrected chi connectivity index (χ2v) is 4.70. The van der Waals surface area contributed by atoms with Crippen molar-refractivity contribution in [2.75, 3.05) is 0 Å². The van der Waals surface area contributed by atoms with Gasteiger partial charge in [0.25, 0.3) is 0 Å². The zero-order valence-electron chi connectivity index (χ0n) is 7.42. The van der Waals surface area contributed by atoms with E-state index in [0.29, 0.717) is 0 Å². The van der Waals surface area contributed by atoms with E-state index in [2.05, 4.69) is 38.5 Å². The molecule has 0 bridgehead atoms. The Morgan fingerprint density at radius 1 is 1.57 bits per heavy atom. The summed E-state index contributed by atoms with van der Waals surface area (Å²) in [6.07, 6.45) is 2.77. The fourth-order valence-electron chi connectivity index (χ4n) is 1.02. The van der Waals surface area contributed by atoms with E-state index in [4.69, 9.17) is 5.11 Å².